The van der Waals surface area contributed by atoms with E-state index in [1.54, 1.807) is 11.0 Å². The SMILES string of the molecule is CCOc1ccccc1NC(=O)[C@@H]1CC(=O)N(c2cccc(C)c2)C1. The van der Waals surface area contributed by atoms with Crippen molar-refractivity contribution in [1.29, 1.82) is 0 Å². The van der Waals surface area contributed by atoms with Gasteiger partial charge in [-0.15, -0.1) is 0 Å². The molecule has 0 aromatic heterocycles. The van der Waals surface area contributed by atoms with Gasteiger partial charge in [0.2, 0.25) is 11.8 Å². The number of carbonyl (C=O) groups is 2. The lowest BCUT2D eigenvalue weighted by molar-refractivity contribution is -0.122. The van der Waals surface area contributed by atoms with E-state index in [-0.39, 0.29) is 24.2 Å². The predicted octanol–water partition coefficient (Wildman–Crippen LogP) is 3.39. The van der Waals surface area contributed by atoms with E-state index in [1.807, 2.05) is 56.3 Å². The van der Waals surface area contributed by atoms with Crippen molar-refractivity contribution in [2.75, 3.05) is 23.4 Å². The van der Waals surface area contributed by atoms with Gasteiger partial charge in [0.15, 0.2) is 0 Å². The quantitative estimate of drug-likeness (QED) is 0.909. The highest BCUT2D eigenvalue weighted by Crippen LogP contribution is 2.28. The number of anilines is 2. The zero-order valence-corrected chi connectivity index (χ0v) is 14.5. The van der Waals surface area contributed by atoms with Crippen molar-refractivity contribution in [3.8, 4) is 5.75 Å². The molecule has 1 heterocycles. The third kappa shape index (κ3) is 3.82. The van der Waals surface area contributed by atoms with Crippen LogP contribution in [0.2, 0.25) is 0 Å². The van der Waals surface area contributed by atoms with Crippen LogP contribution in [0.1, 0.15) is 18.9 Å². The molecule has 1 N–H and O–H groups in total. The topological polar surface area (TPSA) is 58.6 Å². The number of nitrogens with one attached hydrogen (secondary N) is 1. The van der Waals surface area contributed by atoms with Crippen LogP contribution < -0.4 is 15.0 Å². The summed E-state index contributed by atoms with van der Waals surface area (Å²) in [6.07, 6.45) is 0.219. The number of ether oxygens (including phenoxy) is 1. The number of hydrogen-bond donors (Lipinski definition) is 1. The average Bonchev–Trinajstić information content (AvgIpc) is 2.99. The largest absolute Gasteiger partial charge is 0.492 e. The van der Waals surface area contributed by atoms with E-state index in [2.05, 4.69) is 5.32 Å². The number of rotatable bonds is 5. The third-order valence-electron chi connectivity index (χ3n) is 4.25. The van der Waals surface area contributed by atoms with Crippen LogP contribution in [0.4, 0.5) is 11.4 Å². The molecule has 0 radical (unpaired) electrons. The maximum absolute atomic E-state index is 12.6. The van der Waals surface area contributed by atoms with E-state index in [4.69, 9.17) is 4.74 Å². The first-order chi connectivity index (χ1) is 12.1. The molecular formula is C20H22N2O3. The van der Waals surface area contributed by atoms with Crippen LogP contribution in [-0.4, -0.2) is 25.0 Å². The fourth-order valence-corrected chi connectivity index (χ4v) is 3.01. The van der Waals surface area contributed by atoms with Gasteiger partial charge in [-0.2, -0.15) is 0 Å². The average molecular weight is 338 g/mol. The summed E-state index contributed by atoms with van der Waals surface area (Å²) in [6.45, 7) is 4.80. The minimum absolute atomic E-state index is 0.0242. The first-order valence-electron chi connectivity index (χ1n) is 8.48. The highest BCUT2D eigenvalue weighted by Gasteiger charge is 2.35. The molecule has 25 heavy (non-hydrogen) atoms. The number of para-hydroxylation sites is 2. The Morgan fingerprint density at radius 1 is 1.24 bits per heavy atom. The summed E-state index contributed by atoms with van der Waals surface area (Å²) >= 11 is 0. The number of benzene rings is 2. The third-order valence-corrected chi connectivity index (χ3v) is 4.25. The Bertz CT molecular complexity index is 788. The lowest BCUT2D eigenvalue weighted by atomic mass is 10.1. The summed E-state index contributed by atoms with van der Waals surface area (Å²) in [5.41, 5.74) is 2.56. The summed E-state index contributed by atoms with van der Waals surface area (Å²) in [5.74, 6) is 0.0837. The van der Waals surface area contributed by atoms with Gasteiger partial charge in [-0.05, 0) is 43.7 Å². The normalized spacial score (nSPS) is 16.8. The minimum atomic E-state index is -0.373. The number of carbonyl (C=O) groups excluding carboxylic acids is 2. The fraction of sp³-hybridized carbons (Fsp3) is 0.300. The molecule has 130 valence electrons. The molecule has 0 unspecified atom stereocenters. The smallest absolute Gasteiger partial charge is 0.229 e. The second kappa shape index (κ2) is 7.38. The Hall–Kier alpha value is -2.82. The zero-order chi connectivity index (χ0) is 17.8. The molecular weight excluding hydrogens is 316 g/mol. The van der Waals surface area contributed by atoms with Gasteiger partial charge in [0.05, 0.1) is 18.2 Å². The van der Waals surface area contributed by atoms with Gasteiger partial charge in [-0.25, -0.2) is 0 Å². The molecule has 3 rings (SSSR count). The monoisotopic (exact) mass is 338 g/mol. The number of amides is 2. The Kier molecular flexibility index (Phi) is 5.03. The van der Waals surface area contributed by atoms with Crippen molar-refractivity contribution < 1.29 is 14.3 Å². The molecule has 1 saturated heterocycles. The molecule has 0 saturated carbocycles. The van der Waals surface area contributed by atoms with Crippen LogP contribution in [0.5, 0.6) is 5.75 Å². The van der Waals surface area contributed by atoms with Gasteiger partial charge >= 0.3 is 0 Å². The fourth-order valence-electron chi connectivity index (χ4n) is 3.01. The van der Waals surface area contributed by atoms with Crippen molar-refractivity contribution in [3.05, 3.63) is 54.1 Å². The van der Waals surface area contributed by atoms with E-state index in [0.29, 0.717) is 24.6 Å². The first kappa shape index (κ1) is 17.0. The minimum Gasteiger partial charge on any atom is -0.492 e. The van der Waals surface area contributed by atoms with Crippen molar-refractivity contribution in [2.45, 2.75) is 20.3 Å². The summed E-state index contributed by atoms with van der Waals surface area (Å²) in [4.78, 5) is 26.6. The van der Waals surface area contributed by atoms with Gasteiger partial charge in [-0.3, -0.25) is 9.59 Å². The van der Waals surface area contributed by atoms with Gasteiger partial charge in [0.25, 0.3) is 0 Å². The standard InChI is InChI=1S/C20H22N2O3/c1-3-25-18-10-5-4-9-17(18)21-20(24)15-12-19(23)22(13-15)16-8-6-7-14(2)11-16/h4-11,15H,3,12-13H2,1-2H3,(H,21,24)/t15-/m1/s1. The van der Waals surface area contributed by atoms with Crippen LogP contribution in [-0.2, 0) is 9.59 Å². The molecule has 2 amide bonds. The van der Waals surface area contributed by atoms with Crippen LogP contribution in [0.15, 0.2) is 48.5 Å². The number of nitrogens with zero attached hydrogens (tertiary/aromatic N) is 1. The Labute approximate surface area is 147 Å². The van der Waals surface area contributed by atoms with Gasteiger partial charge in [-0.1, -0.05) is 24.3 Å². The summed E-state index contributed by atoms with van der Waals surface area (Å²) in [6, 6.07) is 15.1. The Morgan fingerprint density at radius 2 is 2.04 bits per heavy atom. The van der Waals surface area contributed by atoms with E-state index in [1.165, 1.54) is 0 Å². The predicted molar refractivity (Wildman–Crippen MR) is 97.9 cm³/mol. The lowest BCUT2D eigenvalue weighted by Crippen LogP contribution is -2.28. The molecule has 1 atom stereocenters. The van der Waals surface area contributed by atoms with Crippen molar-refractivity contribution in [1.82, 2.24) is 0 Å². The maximum atomic E-state index is 12.6. The Morgan fingerprint density at radius 3 is 2.80 bits per heavy atom. The molecule has 0 aliphatic carbocycles. The maximum Gasteiger partial charge on any atom is 0.229 e. The van der Waals surface area contributed by atoms with Gasteiger partial charge < -0.3 is 15.0 Å². The Balaban J connectivity index is 1.71. The highest BCUT2D eigenvalue weighted by atomic mass is 16.5. The summed E-state index contributed by atoms with van der Waals surface area (Å²) in [7, 11) is 0. The van der Waals surface area contributed by atoms with Crippen LogP contribution in [0, 0.1) is 12.8 Å². The number of hydrogen-bond acceptors (Lipinski definition) is 3. The molecule has 2 aromatic rings. The van der Waals surface area contributed by atoms with Crippen LogP contribution in [0.3, 0.4) is 0 Å². The zero-order valence-electron chi connectivity index (χ0n) is 14.5. The van der Waals surface area contributed by atoms with Crippen molar-refractivity contribution in [2.24, 2.45) is 5.92 Å². The molecule has 0 bridgehead atoms. The van der Waals surface area contributed by atoms with Gasteiger partial charge in [0.1, 0.15) is 5.75 Å². The second-order valence-corrected chi connectivity index (χ2v) is 6.16. The van der Waals surface area contributed by atoms with Gasteiger partial charge in [0, 0.05) is 18.7 Å². The lowest BCUT2D eigenvalue weighted by Gasteiger charge is -2.17. The van der Waals surface area contributed by atoms with E-state index in [0.717, 1.165) is 11.3 Å². The molecule has 1 aliphatic heterocycles. The van der Waals surface area contributed by atoms with E-state index < -0.39 is 0 Å². The molecule has 1 aliphatic rings. The molecule has 5 heteroatoms. The van der Waals surface area contributed by atoms with Crippen LogP contribution >= 0.6 is 0 Å². The molecule has 2 aromatic carbocycles. The first-order valence-corrected chi connectivity index (χ1v) is 8.48. The molecule has 5 nitrogen and oxygen atoms in total. The summed E-state index contributed by atoms with van der Waals surface area (Å²) in [5, 5.41) is 2.90. The second-order valence-electron chi connectivity index (χ2n) is 6.16. The molecule has 0 spiro atoms. The van der Waals surface area contributed by atoms with Crippen LogP contribution in [0.25, 0.3) is 0 Å². The van der Waals surface area contributed by atoms with E-state index in [9.17, 15) is 9.59 Å². The van der Waals surface area contributed by atoms with Crippen molar-refractivity contribution in [3.63, 3.8) is 0 Å². The van der Waals surface area contributed by atoms with E-state index >= 15 is 0 Å². The summed E-state index contributed by atoms with van der Waals surface area (Å²) < 4.78 is 5.53. The highest BCUT2D eigenvalue weighted by molar-refractivity contribution is 6.03. The molecule has 1 fully saturated rings. The number of aryl methyl sites for hydroxylation is 1. The van der Waals surface area contributed by atoms with Crippen molar-refractivity contribution >= 4 is 23.2 Å².